The Morgan fingerprint density at radius 2 is 2.36 bits per heavy atom. The summed E-state index contributed by atoms with van der Waals surface area (Å²) in [6.07, 6.45) is -0.691. The summed E-state index contributed by atoms with van der Waals surface area (Å²) in [4.78, 5) is 0. The smallest absolute Gasteiger partial charge is 0.280 e. The standard InChI is InChI=1S/C8H10F2O/c1-5(2)6-3-4-8(9,10)7(6)11/h3,7,11H,1,4H2,2H3. The van der Waals surface area contributed by atoms with Crippen LogP contribution in [0.5, 0.6) is 0 Å². The van der Waals surface area contributed by atoms with Crippen LogP contribution < -0.4 is 0 Å². The number of halogens is 2. The quantitative estimate of drug-likeness (QED) is 0.621. The van der Waals surface area contributed by atoms with Crippen LogP contribution in [0, 0.1) is 0 Å². The number of hydrogen-bond donors (Lipinski definition) is 1. The van der Waals surface area contributed by atoms with Crippen molar-refractivity contribution in [3.05, 3.63) is 23.8 Å². The van der Waals surface area contributed by atoms with E-state index < -0.39 is 12.0 Å². The van der Waals surface area contributed by atoms with Crippen LogP contribution in [0.1, 0.15) is 13.3 Å². The van der Waals surface area contributed by atoms with Gasteiger partial charge >= 0.3 is 0 Å². The number of aliphatic hydroxyl groups excluding tert-OH is 1. The summed E-state index contributed by atoms with van der Waals surface area (Å²) >= 11 is 0. The summed E-state index contributed by atoms with van der Waals surface area (Å²) < 4.78 is 25.2. The summed E-state index contributed by atoms with van der Waals surface area (Å²) in [6.45, 7) is 5.10. The molecule has 1 aliphatic rings. The Hall–Kier alpha value is -0.700. The minimum absolute atomic E-state index is 0.273. The van der Waals surface area contributed by atoms with E-state index in [1.54, 1.807) is 6.92 Å². The normalized spacial score (nSPS) is 28.4. The van der Waals surface area contributed by atoms with E-state index >= 15 is 0 Å². The van der Waals surface area contributed by atoms with Crippen LogP contribution in [0.3, 0.4) is 0 Å². The highest BCUT2D eigenvalue weighted by atomic mass is 19.3. The second kappa shape index (κ2) is 2.41. The van der Waals surface area contributed by atoms with Crippen molar-refractivity contribution in [1.29, 1.82) is 0 Å². The Labute approximate surface area is 64.0 Å². The Bertz CT molecular complexity index is 218. The van der Waals surface area contributed by atoms with Gasteiger partial charge in [0.1, 0.15) is 6.10 Å². The fraction of sp³-hybridized carbons (Fsp3) is 0.500. The Kier molecular flexibility index (Phi) is 1.84. The summed E-state index contributed by atoms with van der Waals surface area (Å²) in [5, 5.41) is 9.01. The molecule has 0 radical (unpaired) electrons. The van der Waals surface area contributed by atoms with Crippen molar-refractivity contribution < 1.29 is 13.9 Å². The van der Waals surface area contributed by atoms with Gasteiger partial charge in [-0.1, -0.05) is 18.2 Å². The molecule has 1 aliphatic carbocycles. The lowest BCUT2D eigenvalue weighted by molar-refractivity contribution is -0.0770. The Morgan fingerprint density at radius 1 is 1.82 bits per heavy atom. The molecular weight excluding hydrogens is 150 g/mol. The Balaban J connectivity index is 2.83. The van der Waals surface area contributed by atoms with Crippen molar-refractivity contribution in [3.8, 4) is 0 Å². The molecular formula is C8H10F2O. The minimum atomic E-state index is -2.99. The SMILES string of the molecule is C=C(C)C1=CCC(F)(F)C1O. The third-order valence-corrected chi connectivity index (χ3v) is 1.78. The molecule has 0 saturated carbocycles. The second-order valence-electron chi connectivity index (χ2n) is 2.81. The summed E-state index contributed by atoms with van der Waals surface area (Å²) in [6, 6.07) is 0. The fourth-order valence-electron chi connectivity index (χ4n) is 1.10. The van der Waals surface area contributed by atoms with Crippen LogP contribution in [0.15, 0.2) is 23.8 Å². The van der Waals surface area contributed by atoms with Gasteiger partial charge in [-0.3, -0.25) is 0 Å². The second-order valence-corrected chi connectivity index (χ2v) is 2.81. The lowest BCUT2D eigenvalue weighted by Crippen LogP contribution is -2.29. The van der Waals surface area contributed by atoms with Gasteiger partial charge in [0.15, 0.2) is 0 Å². The zero-order chi connectivity index (χ0) is 8.65. The molecule has 0 spiro atoms. The first-order valence-corrected chi connectivity index (χ1v) is 3.37. The lowest BCUT2D eigenvalue weighted by atomic mass is 10.1. The van der Waals surface area contributed by atoms with Crippen LogP contribution in [0.2, 0.25) is 0 Å². The predicted molar refractivity (Wildman–Crippen MR) is 38.5 cm³/mol. The fourth-order valence-corrected chi connectivity index (χ4v) is 1.10. The molecule has 1 unspecified atom stereocenters. The highest BCUT2D eigenvalue weighted by Crippen LogP contribution is 2.36. The van der Waals surface area contributed by atoms with E-state index in [1.165, 1.54) is 6.08 Å². The van der Waals surface area contributed by atoms with Gasteiger partial charge in [-0.15, -0.1) is 0 Å². The highest BCUT2D eigenvalue weighted by molar-refractivity contribution is 5.36. The molecule has 0 aromatic heterocycles. The number of allylic oxidation sites excluding steroid dienone is 1. The lowest BCUT2D eigenvalue weighted by Gasteiger charge is -2.16. The van der Waals surface area contributed by atoms with Crippen LogP contribution in [-0.4, -0.2) is 17.1 Å². The predicted octanol–water partition coefficient (Wildman–Crippen LogP) is 1.89. The van der Waals surface area contributed by atoms with Gasteiger partial charge in [0.2, 0.25) is 0 Å². The van der Waals surface area contributed by atoms with E-state index in [-0.39, 0.29) is 12.0 Å². The van der Waals surface area contributed by atoms with Crippen molar-refractivity contribution in [2.75, 3.05) is 0 Å². The molecule has 0 fully saturated rings. The maximum absolute atomic E-state index is 12.6. The number of aliphatic hydroxyl groups is 1. The minimum Gasteiger partial charge on any atom is -0.382 e. The maximum Gasteiger partial charge on any atom is 0.280 e. The molecule has 0 bridgehead atoms. The molecule has 11 heavy (non-hydrogen) atoms. The molecule has 62 valence electrons. The van der Waals surface area contributed by atoms with E-state index in [2.05, 4.69) is 6.58 Å². The van der Waals surface area contributed by atoms with Gasteiger partial charge < -0.3 is 5.11 Å². The van der Waals surface area contributed by atoms with Crippen LogP contribution in [-0.2, 0) is 0 Å². The Morgan fingerprint density at radius 3 is 2.55 bits per heavy atom. The molecule has 1 atom stereocenters. The number of rotatable bonds is 1. The monoisotopic (exact) mass is 160 g/mol. The van der Waals surface area contributed by atoms with Crippen molar-refractivity contribution in [3.63, 3.8) is 0 Å². The van der Waals surface area contributed by atoms with Gasteiger partial charge in [0.25, 0.3) is 5.92 Å². The average molecular weight is 160 g/mol. The first-order chi connectivity index (χ1) is 4.95. The molecule has 3 heteroatoms. The summed E-state index contributed by atoms with van der Waals surface area (Å²) in [7, 11) is 0. The van der Waals surface area contributed by atoms with Crippen molar-refractivity contribution >= 4 is 0 Å². The van der Waals surface area contributed by atoms with Gasteiger partial charge in [0.05, 0.1) is 0 Å². The van der Waals surface area contributed by atoms with Gasteiger partial charge in [-0.25, -0.2) is 8.78 Å². The molecule has 0 amide bonds. The molecule has 0 aliphatic heterocycles. The molecule has 1 N–H and O–H groups in total. The largest absolute Gasteiger partial charge is 0.382 e. The van der Waals surface area contributed by atoms with Crippen LogP contribution in [0.25, 0.3) is 0 Å². The maximum atomic E-state index is 12.6. The molecule has 0 heterocycles. The molecule has 0 aromatic carbocycles. The van der Waals surface area contributed by atoms with E-state index in [0.717, 1.165) is 0 Å². The number of alkyl halides is 2. The van der Waals surface area contributed by atoms with Gasteiger partial charge in [-0.05, 0) is 12.5 Å². The first kappa shape index (κ1) is 8.40. The number of hydrogen-bond acceptors (Lipinski definition) is 1. The molecule has 0 aromatic rings. The zero-order valence-corrected chi connectivity index (χ0v) is 6.27. The van der Waals surface area contributed by atoms with Crippen molar-refractivity contribution in [2.24, 2.45) is 0 Å². The zero-order valence-electron chi connectivity index (χ0n) is 6.27. The van der Waals surface area contributed by atoms with Crippen molar-refractivity contribution in [2.45, 2.75) is 25.4 Å². The molecule has 1 rings (SSSR count). The summed E-state index contributed by atoms with van der Waals surface area (Å²) in [5.74, 6) is -2.99. The summed E-state index contributed by atoms with van der Waals surface area (Å²) in [5.41, 5.74) is 0.782. The van der Waals surface area contributed by atoms with Crippen LogP contribution >= 0.6 is 0 Å². The highest BCUT2D eigenvalue weighted by Gasteiger charge is 2.44. The topological polar surface area (TPSA) is 20.2 Å². The van der Waals surface area contributed by atoms with Gasteiger partial charge in [-0.2, -0.15) is 0 Å². The first-order valence-electron chi connectivity index (χ1n) is 3.37. The van der Waals surface area contributed by atoms with Crippen molar-refractivity contribution in [1.82, 2.24) is 0 Å². The third kappa shape index (κ3) is 1.33. The molecule has 1 nitrogen and oxygen atoms in total. The van der Waals surface area contributed by atoms with E-state index in [4.69, 9.17) is 5.11 Å². The van der Waals surface area contributed by atoms with E-state index in [1.807, 2.05) is 0 Å². The van der Waals surface area contributed by atoms with Gasteiger partial charge in [0, 0.05) is 6.42 Å². The van der Waals surface area contributed by atoms with Crippen LogP contribution in [0.4, 0.5) is 8.78 Å². The molecule has 0 saturated heterocycles. The third-order valence-electron chi connectivity index (χ3n) is 1.78. The van der Waals surface area contributed by atoms with E-state index in [0.29, 0.717) is 5.57 Å². The average Bonchev–Trinajstić information content (AvgIpc) is 2.09. The van der Waals surface area contributed by atoms with E-state index in [9.17, 15) is 8.78 Å².